The molecule has 6 nitrogen and oxygen atoms in total. The molecule has 0 bridgehead atoms. The first-order valence-electron chi connectivity index (χ1n) is 3.54. The molecule has 0 saturated heterocycles. The topological polar surface area (TPSA) is 93.9 Å². The van der Waals surface area contributed by atoms with Crippen molar-refractivity contribution in [2.24, 2.45) is 0 Å². The van der Waals surface area contributed by atoms with Crippen molar-refractivity contribution in [3.63, 3.8) is 0 Å². The third-order valence-corrected chi connectivity index (χ3v) is 1.17. The van der Waals surface area contributed by atoms with Crippen molar-refractivity contribution in [2.75, 3.05) is 12.3 Å². The number of hydrogen-bond donors (Lipinski definition) is 2. The molecular formula is C6H10N4O2. The summed E-state index contributed by atoms with van der Waals surface area (Å²) in [6.45, 7) is 2.11. The van der Waals surface area contributed by atoms with Gasteiger partial charge in [0, 0.05) is 0 Å². The lowest BCUT2D eigenvalue weighted by Crippen LogP contribution is -2.08. The van der Waals surface area contributed by atoms with E-state index < -0.39 is 0 Å². The van der Waals surface area contributed by atoms with Crippen LogP contribution in [0.4, 0.5) is 5.95 Å². The highest BCUT2D eigenvalue weighted by atomic mass is 16.5. The Hall–Kier alpha value is -1.59. The molecule has 66 valence electrons. The van der Waals surface area contributed by atoms with E-state index in [1.807, 2.05) is 0 Å². The molecule has 1 rings (SSSR count). The number of nitrogens with two attached hydrogens (primary N) is 1. The van der Waals surface area contributed by atoms with Gasteiger partial charge in [-0.2, -0.15) is 4.98 Å². The Bertz CT molecular complexity index is 270. The number of aromatic nitrogens is 3. The van der Waals surface area contributed by atoms with E-state index in [1.165, 1.54) is 0 Å². The number of nitrogen functional groups attached to an aromatic ring is 1. The molecule has 3 N–H and O–H groups in total. The molecule has 0 aliphatic heterocycles. The highest BCUT2D eigenvalue weighted by Crippen LogP contribution is 1.95. The van der Waals surface area contributed by atoms with Crippen molar-refractivity contribution in [1.29, 1.82) is 0 Å². The minimum absolute atomic E-state index is 0.0814. The summed E-state index contributed by atoms with van der Waals surface area (Å²) in [4.78, 5) is 14.6. The van der Waals surface area contributed by atoms with E-state index in [1.54, 1.807) is 6.92 Å². The van der Waals surface area contributed by atoms with Crippen LogP contribution in [-0.2, 0) is 16.0 Å². The monoisotopic (exact) mass is 170 g/mol. The summed E-state index contributed by atoms with van der Waals surface area (Å²) >= 11 is 0. The fourth-order valence-corrected chi connectivity index (χ4v) is 0.738. The number of carbonyl (C=O) groups excluding carboxylic acids is 1. The van der Waals surface area contributed by atoms with Crippen LogP contribution < -0.4 is 5.73 Å². The average Bonchev–Trinajstić information content (AvgIpc) is 2.36. The number of ether oxygens (including phenoxy) is 1. The third-order valence-electron chi connectivity index (χ3n) is 1.17. The van der Waals surface area contributed by atoms with Crippen molar-refractivity contribution in [1.82, 2.24) is 15.2 Å². The van der Waals surface area contributed by atoms with Crippen molar-refractivity contribution in [2.45, 2.75) is 13.3 Å². The van der Waals surface area contributed by atoms with Crippen LogP contribution in [0.2, 0.25) is 0 Å². The van der Waals surface area contributed by atoms with Gasteiger partial charge in [0.1, 0.15) is 12.2 Å². The molecule has 12 heavy (non-hydrogen) atoms. The van der Waals surface area contributed by atoms with Gasteiger partial charge < -0.3 is 10.5 Å². The molecule has 0 radical (unpaired) electrons. The summed E-state index contributed by atoms with van der Waals surface area (Å²) in [7, 11) is 0. The largest absolute Gasteiger partial charge is 0.466 e. The maximum absolute atomic E-state index is 10.9. The SMILES string of the molecule is CCOC(=O)Cc1nc(N)n[nH]1. The van der Waals surface area contributed by atoms with E-state index in [9.17, 15) is 4.79 Å². The average molecular weight is 170 g/mol. The van der Waals surface area contributed by atoms with Crippen molar-refractivity contribution < 1.29 is 9.53 Å². The normalized spacial score (nSPS) is 9.75. The van der Waals surface area contributed by atoms with Crippen molar-refractivity contribution in [3.8, 4) is 0 Å². The molecule has 0 aliphatic rings. The quantitative estimate of drug-likeness (QED) is 0.596. The number of carbonyl (C=O) groups is 1. The molecule has 0 aromatic carbocycles. The van der Waals surface area contributed by atoms with Gasteiger partial charge >= 0.3 is 5.97 Å². The van der Waals surface area contributed by atoms with Gasteiger partial charge in [-0.1, -0.05) is 0 Å². The van der Waals surface area contributed by atoms with Gasteiger partial charge in [0.25, 0.3) is 0 Å². The van der Waals surface area contributed by atoms with E-state index in [0.29, 0.717) is 12.4 Å². The molecular weight excluding hydrogens is 160 g/mol. The Balaban J connectivity index is 2.46. The minimum Gasteiger partial charge on any atom is -0.466 e. The van der Waals surface area contributed by atoms with Crippen molar-refractivity contribution in [3.05, 3.63) is 5.82 Å². The highest BCUT2D eigenvalue weighted by molar-refractivity contribution is 5.71. The van der Waals surface area contributed by atoms with E-state index in [-0.39, 0.29) is 18.3 Å². The maximum atomic E-state index is 10.9. The van der Waals surface area contributed by atoms with Gasteiger partial charge in [0.2, 0.25) is 5.95 Å². The number of H-pyrrole nitrogens is 1. The molecule has 0 fully saturated rings. The highest BCUT2D eigenvalue weighted by Gasteiger charge is 2.06. The summed E-state index contributed by atoms with van der Waals surface area (Å²) in [5, 5.41) is 6.07. The van der Waals surface area contributed by atoms with Gasteiger partial charge in [0.15, 0.2) is 0 Å². The Kier molecular flexibility index (Phi) is 2.62. The Morgan fingerprint density at radius 2 is 2.50 bits per heavy atom. The van der Waals surface area contributed by atoms with E-state index in [2.05, 4.69) is 19.9 Å². The summed E-state index contributed by atoms with van der Waals surface area (Å²) in [6.07, 6.45) is 0.0814. The molecule has 0 atom stereocenters. The smallest absolute Gasteiger partial charge is 0.313 e. The number of nitrogens with zero attached hydrogens (tertiary/aromatic N) is 2. The van der Waals surface area contributed by atoms with Gasteiger partial charge in [0.05, 0.1) is 6.61 Å². The maximum Gasteiger partial charge on any atom is 0.313 e. The summed E-state index contributed by atoms with van der Waals surface area (Å²) in [5.41, 5.74) is 5.22. The molecule has 1 aromatic heterocycles. The van der Waals surface area contributed by atoms with Crippen molar-refractivity contribution >= 4 is 11.9 Å². The zero-order valence-corrected chi connectivity index (χ0v) is 6.70. The number of nitrogens with one attached hydrogen (secondary N) is 1. The fourth-order valence-electron chi connectivity index (χ4n) is 0.738. The van der Waals surface area contributed by atoms with Crippen LogP contribution in [0.5, 0.6) is 0 Å². The van der Waals surface area contributed by atoms with Crippen LogP contribution >= 0.6 is 0 Å². The first-order chi connectivity index (χ1) is 5.72. The van der Waals surface area contributed by atoms with Crippen LogP contribution in [0, 0.1) is 0 Å². The standard InChI is InChI=1S/C6H10N4O2/c1-2-12-5(11)3-4-8-6(7)10-9-4/h2-3H2,1H3,(H3,7,8,9,10). The summed E-state index contributed by atoms with van der Waals surface area (Å²) < 4.78 is 4.69. The molecule has 1 aromatic rings. The van der Waals surface area contributed by atoms with E-state index in [4.69, 9.17) is 5.73 Å². The predicted octanol–water partition coefficient (Wildman–Crippen LogP) is -0.508. The number of rotatable bonds is 3. The third kappa shape index (κ3) is 2.22. The number of anilines is 1. The Morgan fingerprint density at radius 3 is 3.00 bits per heavy atom. The Labute approximate surface area is 69.1 Å². The lowest BCUT2D eigenvalue weighted by atomic mass is 10.4. The van der Waals surface area contributed by atoms with Gasteiger partial charge in [-0.05, 0) is 6.92 Å². The van der Waals surface area contributed by atoms with Crippen LogP contribution in [-0.4, -0.2) is 27.8 Å². The van der Waals surface area contributed by atoms with Crippen LogP contribution in [0.15, 0.2) is 0 Å². The minimum atomic E-state index is -0.339. The predicted molar refractivity (Wildman–Crippen MR) is 41.1 cm³/mol. The Morgan fingerprint density at radius 1 is 1.75 bits per heavy atom. The lowest BCUT2D eigenvalue weighted by molar-refractivity contribution is -0.142. The summed E-state index contributed by atoms with van der Waals surface area (Å²) in [6, 6.07) is 0. The summed E-state index contributed by atoms with van der Waals surface area (Å²) in [5.74, 6) is 0.217. The first kappa shape index (κ1) is 8.51. The molecule has 0 saturated carbocycles. The molecule has 0 spiro atoms. The second-order valence-electron chi connectivity index (χ2n) is 2.12. The second kappa shape index (κ2) is 3.70. The van der Waals surface area contributed by atoms with E-state index in [0.717, 1.165) is 0 Å². The molecule has 0 aliphatic carbocycles. The lowest BCUT2D eigenvalue weighted by Gasteiger charge is -1.96. The van der Waals surface area contributed by atoms with Gasteiger partial charge in [-0.15, -0.1) is 5.10 Å². The zero-order chi connectivity index (χ0) is 8.97. The van der Waals surface area contributed by atoms with Gasteiger partial charge in [-0.3, -0.25) is 9.89 Å². The number of aromatic amines is 1. The van der Waals surface area contributed by atoms with E-state index >= 15 is 0 Å². The number of esters is 1. The van der Waals surface area contributed by atoms with Crippen LogP contribution in [0.3, 0.4) is 0 Å². The number of hydrogen-bond acceptors (Lipinski definition) is 5. The van der Waals surface area contributed by atoms with Crippen LogP contribution in [0.1, 0.15) is 12.7 Å². The zero-order valence-electron chi connectivity index (χ0n) is 6.70. The van der Waals surface area contributed by atoms with Gasteiger partial charge in [-0.25, -0.2) is 0 Å². The molecule has 0 amide bonds. The fraction of sp³-hybridized carbons (Fsp3) is 0.500. The van der Waals surface area contributed by atoms with Crippen LogP contribution in [0.25, 0.3) is 0 Å². The first-order valence-corrected chi connectivity index (χ1v) is 3.54. The molecule has 0 unspecified atom stereocenters. The second-order valence-corrected chi connectivity index (χ2v) is 2.12. The molecule has 6 heteroatoms. The molecule has 1 heterocycles.